The molecule has 1 fully saturated rings. The maximum Gasteiger partial charge on any atom is 0.417 e. The van der Waals surface area contributed by atoms with Crippen LogP contribution in [-0.4, -0.2) is 47.4 Å². The van der Waals surface area contributed by atoms with Gasteiger partial charge in [0.05, 0.1) is 0 Å². The molecular weight excluding hydrogens is 299 g/mol. The van der Waals surface area contributed by atoms with Crippen LogP contribution in [0, 0.1) is 0 Å². The Hall–Kier alpha value is -1.76. The average Bonchev–Trinajstić information content (AvgIpc) is 2.90. The highest BCUT2D eigenvalue weighted by atomic mass is 19.4. The smallest absolute Gasteiger partial charge is 0.417 e. The first kappa shape index (κ1) is 15.1. The van der Waals surface area contributed by atoms with Crippen molar-refractivity contribution in [3.8, 4) is 5.75 Å². The van der Waals surface area contributed by atoms with Crippen LogP contribution < -0.4 is 4.74 Å². The molecule has 0 aliphatic carbocycles. The topological polar surface area (TPSA) is 49.8 Å². The largest absolute Gasteiger partial charge is 0.492 e. The number of aliphatic hydroxyl groups is 1. The lowest BCUT2D eigenvalue weighted by Gasteiger charge is -2.39. The van der Waals surface area contributed by atoms with Gasteiger partial charge in [0.1, 0.15) is 18.3 Å². The molecule has 22 heavy (non-hydrogen) atoms. The van der Waals surface area contributed by atoms with E-state index in [1.807, 2.05) is 0 Å². The van der Waals surface area contributed by atoms with Crippen LogP contribution in [0.15, 0.2) is 24.3 Å². The van der Waals surface area contributed by atoms with Crippen molar-refractivity contribution >= 4 is 5.91 Å². The number of ether oxygens (including phenoxy) is 1. The molecule has 1 aromatic carbocycles. The number of hydrogen-bond acceptors (Lipinski definition) is 3. The van der Waals surface area contributed by atoms with E-state index >= 15 is 0 Å². The van der Waals surface area contributed by atoms with E-state index in [4.69, 9.17) is 4.74 Å². The Kier molecular flexibility index (Phi) is 3.55. The maximum atomic E-state index is 12.8. The molecule has 0 aromatic heterocycles. The lowest BCUT2D eigenvalue weighted by Crippen LogP contribution is -2.55. The van der Waals surface area contributed by atoms with Crippen LogP contribution in [-0.2, 0) is 4.79 Å². The van der Waals surface area contributed by atoms with Gasteiger partial charge in [0.2, 0.25) is 5.91 Å². The lowest BCUT2D eigenvalue weighted by molar-refractivity contribution is -0.272. The fourth-order valence-corrected chi connectivity index (χ4v) is 2.97. The molecule has 7 heteroatoms. The molecule has 4 nitrogen and oxygen atoms in total. The number of benzene rings is 1. The van der Waals surface area contributed by atoms with E-state index in [0.717, 1.165) is 5.56 Å². The van der Waals surface area contributed by atoms with Gasteiger partial charge in [-0.25, -0.2) is 0 Å². The summed E-state index contributed by atoms with van der Waals surface area (Å²) in [7, 11) is 0. The number of halogens is 3. The van der Waals surface area contributed by atoms with Gasteiger partial charge >= 0.3 is 6.18 Å². The highest BCUT2D eigenvalue weighted by Crippen LogP contribution is 2.40. The third kappa shape index (κ3) is 2.43. The first-order valence-electron chi connectivity index (χ1n) is 7.11. The van der Waals surface area contributed by atoms with Crippen molar-refractivity contribution in [1.82, 2.24) is 4.90 Å². The van der Waals surface area contributed by atoms with Gasteiger partial charge in [0, 0.05) is 31.5 Å². The highest BCUT2D eigenvalue weighted by Gasteiger charge is 2.55. The average molecular weight is 315 g/mol. The van der Waals surface area contributed by atoms with Crippen LogP contribution in [0.25, 0.3) is 0 Å². The van der Waals surface area contributed by atoms with Gasteiger partial charge in [-0.3, -0.25) is 4.79 Å². The van der Waals surface area contributed by atoms with Gasteiger partial charge < -0.3 is 14.7 Å². The summed E-state index contributed by atoms with van der Waals surface area (Å²) in [5.74, 6) is -0.0767. The molecule has 3 rings (SSSR count). The van der Waals surface area contributed by atoms with Crippen molar-refractivity contribution < 1.29 is 27.8 Å². The number of piperidine rings is 1. The van der Waals surface area contributed by atoms with Crippen LogP contribution >= 0.6 is 0 Å². The minimum Gasteiger partial charge on any atom is -0.492 e. The van der Waals surface area contributed by atoms with E-state index < -0.39 is 30.5 Å². The van der Waals surface area contributed by atoms with E-state index in [0.29, 0.717) is 5.75 Å². The van der Waals surface area contributed by atoms with Crippen LogP contribution in [0.3, 0.4) is 0 Å². The summed E-state index contributed by atoms with van der Waals surface area (Å²) in [5, 5.41) is 9.64. The number of amides is 1. The van der Waals surface area contributed by atoms with Crippen LogP contribution in [0.5, 0.6) is 5.75 Å². The Morgan fingerprint density at radius 2 is 1.91 bits per heavy atom. The Balaban J connectivity index is 1.69. The summed E-state index contributed by atoms with van der Waals surface area (Å²) in [6, 6.07) is 7.16. The summed E-state index contributed by atoms with van der Waals surface area (Å²) in [4.78, 5) is 13.9. The number of fused-ring (bicyclic) bond motifs is 1. The Labute approximate surface area is 125 Å². The molecule has 1 unspecified atom stereocenters. The minimum atomic E-state index is -4.66. The lowest BCUT2D eigenvalue weighted by atomic mass is 9.89. The monoisotopic (exact) mass is 315 g/mol. The van der Waals surface area contributed by atoms with Gasteiger partial charge in [0.25, 0.3) is 0 Å². The second kappa shape index (κ2) is 5.15. The van der Waals surface area contributed by atoms with Crippen molar-refractivity contribution in [3.63, 3.8) is 0 Å². The van der Waals surface area contributed by atoms with Crippen LogP contribution in [0.1, 0.15) is 24.3 Å². The predicted molar refractivity (Wildman–Crippen MR) is 71.5 cm³/mol. The Morgan fingerprint density at radius 1 is 1.27 bits per heavy atom. The van der Waals surface area contributed by atoms with Gasteiger partial charge in [0.15, 0.2) is 5.60 Å². The molecule has 1 saturated heterocycles. The van der Waals surface area contributed by atoms with Crippen molar-refractivity contribution in [2.24, 2.45) is 0 Å². The Morgan fingerprint density at radius 3 is 2.55 bits per heavy atom. The van der Waals surface area contributed by atoms with Crippen LogP contribution in [0.2, 0.25) is 0 Å². The zero-order valence-electron chi connectivity index (χ0n) is 11.8. The van der Waals surface area contributed by atoms with Gasteiger partial charge in [-0.05, 0) is 6.07 Å². The number of hydrogen-bond donors (Lipinski definition) is 1. The highest BCUT2D eigenvalue weighted by molar-refractivity contribution is 5.85. The molecule has 1 amide bonds. The van der Waals surface area contributed by atoms with Crippen LogP contribution in [0.4, 0.5) is 13.2 Å². The molecule has 2 aliphatic rings. The standard InChI is InChI=1S/C15H16F3NO3/c16-15(17,18)14(21)5-7-19(8-6-14)13(20)11-9-22-12-4-2-1-3-10(11)12/h1-4,11,21H,5-9H2. The fourth-order valence-electron chi connectivity index (χ4n) is 2.97. The number of carbonyl (C=O) groups excluding carboxylic acids is 1. The number of alkyl halides is 3. The van der Waals surface area contributed by atoms with Gasteiger partial charge in [-0.1, -0.05) is 18.2 Å². The van der Waals surface area contributed by atoms with Crippen molar-refractivity contribution in [2.75, 3.05) is 19.7 Å². The molecule has 1 aromatic rings. The summed E-state index contributed by atoms with van der Waals surface area (Å²) in [6.07, 6.45) is -5.64. The second-order valence-electron chi connectivity index (χ2n) is 5.76. The van der Waals surface area contributed by atoms with Gasteiger partial charge in [-0.15, -0.1) is 0 Å². The van der Waals surface area contributed by atoms with E-state index in [1.54, 1.807) is 24.3 Å². The first-order valence-corrected chi connectivity index (χ1v) is 7.11. The molecule has 1 N–H and O–H groups in total. The Bertz CT molecular complexity index is 580. The molecule has 0 spiro atoms. The summed E-state index contributed by atoms with van der Waals surface area (Å²) < 4.78 is 43.8. The molecule has 2 heterocycles. The third-order valence-corrected chi connectivity index (χ3v) is 4.43. The van der Waals surface area contributed by atoms with Gasteiger partial charge in [-0.2, -0.15) is 13.2 Å². The predicted octanol–water partition coefficient (Wildman–Crippen LogP) is 2.08. The van der Waals surface area contributed by atoms with E-state index in [-0.39, 0.29) is 25.6 Å². The maximum absolute atomic E-state index is 12.8. The molecule has 0 bridgehead atoms. The zero-order valence-corrected chi connectivity index (χ0v) is 11.8. The van der Waals surface area contributed by atoms with E-state index in [9.17, 15) is 23.1 Å². The second-order valence-corrected chi connectivity index (χ2v) is 5.76. The number of carbonyl (C=O) groups is 1. The molecule has 120 valence electrons. The minimum absolute atomic E-state index is 0.104. The first-order chi connectivity index (χ1) is 10.3. The van der Waals surface area contributed by atoms with Crippen molar-refractivity contribution in [1.29, 1.82) is 0 Å². The normalized spacial score (nSPS) is 23.8. The third-order valence-electron chi connectivity index (χ3n) is 4.43. The van der Waals surface area contributed by atoms with Crippen molar-refractivity contribution in [2.45, 2.75) is 30.5 Å². The molecular formula is C15H16F3NO3. The number of para-hydroxylation sites is 1. The zero-order chi connectivity index (χ0) is 16.0. The van der Waals surface area contributed by atoms with Crippen molar-refractivity contribution in [3.05, 3.63) is 29.8 Å². The number of rotatable bonds is 1. The summed E-state index contributed by atoms with van der Waals surface area (Å²) in [5.41, 5.74) is -1.92. The van der Waals surface area contributed by atoms with E-state index in [1.165, 1.54) is 4.90 Å². The number of nitrogens with zero attached hydrogens (tertiary/aromatic N) is 1. The number of likely N-dealkylation sites (tertiary alicyclic amines) is 1. The molecule has 2 aliphatic heterocycles. The molecule has 1 atom stereocenters. The quantitative estimate of drug-likeness (QED) is 0.863. The fraction of sp³-hybridized carbons (Fsp3) is 0.533. The summed E-state index contributed by atoms with van der Waals surface area (Å²) >= 11 is 0. The molecule has 0 saturated carbocycles. The van der Waals surface area contributed by atoms with E-state index in [2.05, 4.69) is 0 Å². The molecule has 0 radical (unpaired) electrons. The summed E-state index contributed by atoms with van der Waals surface area (Å²) in [6.45, 7) is -0.000755. The SMILES string of the molecule is O=C(C1COc2ccccc21)N1CCC(O)(C(F)(F)F)CC1.